The van der Waals surface area contributed by atoms with E-state index in [9.17, 15) is 13.2 Å². The zero-order chi connectivity index (χ0) is 15.5. The fourth-order valence-corrected chi connectivity index (χ4v) is 2.85. The molecule has 0 aliphatic carbocycles. The van der Waals surface area contributed by atoms with Crippen molar-refractivity contribution in [1.29, 1.82) is 0 Å². The van der Waals surface area contributed by atoms with Crippen molar-refractivity contribution in [2.45, 2.75) is 11.8 Å². The minimum atomic E-state index is -3.66. The molecule has 0 unspecified atom stereocenters. The SMILES string of the molecule is CNC(=O)c1cccc(NS(=O)(=O)c2ccc(C)cc2)c1. The summed E-state index contributed by atoms with van der Waals surface area (Å²) in [6, 6.07) is 12.9. The number of carbonyl (C=O) groups excluding carboxylic acids is 1. The Bertz CT molecular complexity index is 753. The van der Waals surface area contributed by atoms with Gasteiger partial charge in [-0.1, -0.05) is 23.8 Å². The summed E-state index contributed by atoms with van der Waals surface area (Å²) in [6.45, 7) is 1.89. The summed E-state index contributed by atoms with van der Waals surface area (Å²) >= 11 is 0. The van der Waals surface area contributed by atoms with E-state index >= 15 is 0 Å². The van der Waals surface area contributed by atoms with E-state index in [1.54, 1.807) is 42.5 Å². The molecule has 5 nitrogen and oxygen atoms in total. The number of nitrogens with one attached hydrogen (secondary N) is 2. The lowest BCUT2D eigenvalue weighted by Gasteiger charge is -2.09. The molecule has 2 rings (SSSR count). The largest absolute Gasteiger partial charge is 0.355 e. The Hall–Kier alpha value is -2.34. The number of carbonyl (C=O) groups is 1. The van der Waals surface area contributed by atoms with E-state index < -0.39 is 10.0 Å². The summed E-state index contributed by atoms with van der Waals surface area (Å²) in [6.07, 6.45) is 0. The number of sulfonamides is 1. The van der Waals surface area contributed by atoms with Crippen molar-refractivity contribution in [3.8, 4) is 0 Å². The zero-order valence-corrected chi connectivity index (χ0v) is 12.6. The Morgan fingerprint density at radius 1 is 1.05 bits per heavy atom. The van der Waals surface area contributed by atoms with Crippen LogP contribution in [0.5, 0.6) is 0 Å². The molecule has 0 bridgehead atoms. The van der Waals surface area contributed by atoms with Gasteiger partial charge in [0.1, 0.15) is 0 Å². The minimum absolute atomic E-state index is 0.179. The van der Waals surface area contributed by atoms with Crippen molar-refractivity contribution in [2.24, 2.45) is 0 Å². The fourth-order valence-electron chi connectivity index (χ4n) is 1.80. The van der Waals surface area contributed by atoms with Crippen LogP contribution in [0.3, 0.4) is 0 Å². The predicted octanol–water partition coefficient (Wildman–Crippen LogP) is 2.16. The molecule has 2 aromatic carbocycles. The highest BCUT2D eigenvalue weighted by atomic mass is 32.2. The highest BCUT2D eigenvalue weighted by Gasteiger charge is 2.14. The quantitative estimate of drug-likeness (QED) is 0.909. The second kappa shape index (κ2) is 5.97. The standard InChI is InChI=1S/C15H16N2O3S/c1-11-6-8-14(9-7-11)21(19,20)17-13-5-3-4-12(10-13)15(18)16-2/h3-10,17H,1-2H3,(H,16,18). The topological polar surface area (TPSA) is 75.3 Å². The molecule has 0 aliphatic rings. The second-order valence-corrected chi connectivity index (χ2v) is 6.26. The third kappa shape index (κ3) is 3.61. The number of hydrogen-bond donors (Lipinski definition) is 2. The summed E-state index contributed by atoms with van der Waals surface area (Å²) < 4.78 is 27.0. The van der Waals surface area contributed by atoms with Crippen LogP contribution in [0, 0.1) is 6.92 Å². The highest BCUT2D eigenvalue weighted by molar-refractivity contribution is 7.92. The number of benzene rings is 2. The van der Waals surface area contributed by atoms with Crippen LogP contribution in [-0.2, 0) is 10.0 Å². The molecule has 0 fully saturated rings. The normalized spacial score (nSPS) is 11.0. The summed E-state index contributed by atoms with van der Waals surface area (Å²) in [7, 11) is -2.14. The Kier molecular flexibility index (Phi) is 4.28. The minimum Gasteiger partial charge on any atom is -0.355 e. The average molecular weight is 304 g/mol. The monoisotopic (exact) mass is 304 g/mol. The first-order chi connectivity index (χ1) is 9.92. The number of amides is 1. The Balaban J connectivity index is 2.28. The fraction of sp³-hybridized carbons (Fsp3) is 0.133. The van der Waals surface area contributed by atoms with Crippen LogP contribution in [0.2, 0.25) is 0 Å². The van der Waals surface area contributed by atoms with Gasteiger partial charge in [-0.25, -0.2) is 8.42 Å². The maximum atomic E-state index is 12.3. The second-order valence-electron chi connectivity index (χ2n) is 4.58. The van der Waals surface area contributed by atoms with Crippen molar-refractivity contribution < 1.29 is 13.2 Å². The Labute approximate surface area is 124 Å². The Morgan fingerprint density at radius 2 is 1.71 bits per heavy atom. The lowest BCUT2D eigenvalue weighted by molar-refractivity contribution is 0.0963. The smallest absolute Gasteiger partial charge is 0.261 e. The number of rotatable bonds is 4. The summed E-state index contributed by atoms with van der Waals surface area (Å²) in [5.41, 5.74) is 1.72. The molecule has 6 heteroatoms. The van der Waals surface area contributed by atoms with E-state index in [0.29, 0.717) is 11.3 Å². The van der Waals surface area contributed by atoms with E-state index in [2.05, 4.69) is 10.0 Å². The van der Waals surface area contributed by atoms with Crippen LogP contribution in [0.25, 0.3) is 0 Å². The summed E-state index contributed by atoms with van der Waals surface area (Å²) in [4.78, 5) is 11.7. The van der Waals surface area contributed by atoms with Crippen LogP contribution in [0.1, 0.15) is 15.9 Å². The van der Waals surface area contributed by atoms with Gasteiger partial charge in [0.05, 0.1) is 4.90 Å². The van der Waals surface area contributed by atoms with E-state index in [1.165, 1.54) is 13.1 Å². The maximum absolute atomic E-state index is 12.3. The van der Waals surface area contributed by atoms with Crippen molar-refractivity contribution >= 4 is 21.6 Å². The van der Waals surface area contributed by atoms with Gasteiger partial charge in [0.25, 0.3) is 15.9 Å². The van der Waals surface area contributed by atoms with Crippen molar-refractivity contribution in [3.63, 3.8) is 0 Å². The molecule has 0 saturated carbocycles. The molecule has 0 radical (unpaired) electrons. The van der Waals surface area contributed by atoms with Crippen molar-refractivity contribution in [2.75, 3.05) is 11.8 Å². The first kappa shape index (κ1) is 15.1. The van der Waals surface area contributed by atoms with Crippen LogP contribution in [0.15, 0.2) is 53.4 Å². The lowest BCUT2D eigenvalue weighted by atomic mass is 10.2. The number of aryl methyl sites for hydroxylation is 1. The van der Waals surface area contributed by atoms with Crippen molar-refractivity contribution in [3.05, 3.63) is 59.7 Å². The summed E-state index contributed by atoms with van der Waals surface area (Å²) in [5.74, 6) is -0.272. The Morgan fingerprint density at radius 3 is 2.33 bits per heavy atom. The van der Waals surface area contributed by atoms with Gasteiger partial charge in [0.2, 0.25) is 0 Å². The van der Waals surface area contributed by atoms with E-state index in [-0.39, 0.29) is 10.8 Å². The third-order valence-corrected chi connectivity index (χ3v) is 4.33. The summed E-state index contributed by atoms with van der Waals surface area (Å²) in [5, 5.41) is 2.49. The molecule has 0 heterocycles. The first-order valence-electron chi connectivity index (χ1n) is 6.34. The van der Waals surface area contributed by atoms with Gasteiger partial charge in [-0.2, -0.15) is 0 Å². The molecule has 2 aromatic rings. The predicted molar refractivity (Wildman–Crippen MR) is 81.8 cm³/mol. The van der Waals surface area contributed by atoms with Gasteiger partial charge in [0, 0.05) is 18.3 Å². The van der Waals surface area contributed by atoms with Crippen LogP contribution in [0.4, 0.5) is 5.69 Å². The number of hydrogen-bond acceptors (Lipinski definition) is 3. The molecule has 0 atom stereocenters. The molecular formula is C15H16N2O3S. The van der Waals surface area contributed by atoms with Crippen LogP contribution in [-0.4, -0.2) is 21.4 Å². The lowest BCUT2D eigenvalue weighted by Crippen LogP contribution is -2.18. The van der Waals surface area contributed by atoms with E-state index in [0.717, 1.165) is 5.56 Å². The molecule has 0 aromatic heterocycles. The van der Waals surface area contributed by atoms with Crippen LogP contribution >= 0.6 is 0 Å². The third-order valence-electron chi connectivity index (χ3n) is 2.94. The first-order valence-corrected chi connectivity index (χ1v) is 7.82. The highest BCUT2D eigenvalue weighted by Crippen LogP contribution is 2.17. The molecule has 0 aliphatic heterocycles. The van der Waals surface area contributed by atoms with Gasteiger partial charge in [0.15, 0.2) is 0 Å². The van der Waals surface area contributed by atoms with Gasteiger partial charge in [-0.15, -0.1) is 0 Å². The zero-order valence-electron chi connectivity index (χ0n) is 11.8. The molecular weight excluding hydrogens is 288 g/mol. The average Bonchev–Trinajstić information content (AvgIpc) is 2.46. The van der Waals surface area contributed by atoms with E-state index in [4.69, 9.17) is 0 Å². The maximum Gasteiger partial charge on any atom is 0.261 e. The van der Waals surface area contributed by atoms with E-state index in [1.807, 2.05) is 6.92 Å². The van der Waals surface area contributed by atoms with Crippen molar-refractivity contribution in [1.82, 2.24) is 5.32 Å². The van der Waals surface area contributed by atoms with Gasteiger partial charge < -0.3 is 5.32 Å². The van der Waals surface area contributed by atoms with Gasteiger partial charge in [-0.3, -0.25) is 9.52 Å². The number of anilines is 1. The molecule has 21 heavy (non-hydrogen) atoms. The molecule has 0 spiro atoms. The molecule has 2 N–H and O–H groups in total. The molecule has 0 saturated heterocycles. The van der Waals surface area contributed by atoms with Crippen LogP contribution < -0.4 is 10.0 Å². The van der Waals surface area contributed by atoms with Gasteiger partial charge >= 0.3 is 0 Å². The molecule has 1 amide bonds. The van der Waals surface area contributed by atoms with Gasteiger partial charge in [-0.05, 0) is 37.3 Å². The molecule has 110 valence electrons.